The summed E-state index contributed by atoms with van der Waals surface area (Å²) < 4.78 is 38.7. The standard InChI is InChI=1S/C16H20F3N3O2/c1-3-21-6-8-22(9-7-21)15(24)14(23)20-12-5-4-11(2)13(10-12)16(17,18)19/h4-5,10H,3,6-9H2,1-2H3,(H,20,23). The topological polar surface area (TPSA) is 52.7 Å². The fraction of sp³-hybridized carbons (Fsp3) is 0.500. The Morgan fingerprint density at radius 1 is 1.17 bits per heavy atom. The summed E-state index contributed by atoms with van der Waals surface area (Å²) in [4.78, 5) is 27.7. The third-order valence-corrected chi connectivity index (χ3v) is 4.10. The molecule has 5 nitrogen and oxygen atoms in total. The van der Waals surface area contributed by atoms with E-state index in [2.05, 4.69) is 10.2 Å². The van der Waals surface area contributed by atoms with Crippen LogP contribution in [0.4, 0.5) is 18.9 Å². The molecule has 1 aromatic carbocycles. The fourth-order valence-corrected chi connectivity index (χ4v) is 2.60. The fourth-order valence-electron chi connectivity index (χ4n) is 2.60. The van der Waals surface area contributed by atoms with Crippen molar-refractivity contribution in [3.63, 3.8) is 0 Å². The molecule has 0 aliphatic carbocycles. The minimum atomic E-state index is -4.51. The molecule has 8 heteroatoms. The van der Waals surface area contributed by atoms with Crippen molar-refractivity contribution in [2.75, 3.05) is 38.0 Å². The van der Waals surface area contributed by atoms with E-state index < -0.39 is 23.6 Å². The Hall–Kier alpha value is -2.09. The lowest BCUT2D eigenvalue weighted by molar-refractivity contribution is -0.144. The number of carbonyl (C=O) groups excluding carboxylic acids is 2. The van der Waals surface area contributed by atoms with Gasteiger partial charge in [-0.15, -0.1) is 0 Å². The van der Waals surface area contributed by atoms with E-state index in [1.807, 2.05) is 6.92 Å². The zero-order valence-corrected chi connectivity index (χ0v) is 13.6. The first-order valence-corrected chi connectivity index (χ1v) is 7.73. The second-order valence-corrected chi connectivity index (χ2v) is 5.71. The molecular weight excluding hydrogens is 323 g/mol. The Labute approximate surface area is 138 Å². The summed E-state index contributed by atoms with van der Waals surface area (Å²) in [7, 11) is 0. The van der Waals surface area contributed by atoms with Crippen LogP contribution in [-0.2, 0) is 15.8 Å². The quantitative estimate of drug-likeness (QED) is 0.837. The van der Waals surface area contributed by atoms with Crippen LogP contribution < -0.4 is 5.32 Å². The predicted octanol–water partition coefficient (Wildman–Crippen LogP) is 2.12. The molecule has 0 unspecified atom stereocenters. The highest BCUT2D eigenvalue weighted by atomic mass is 19.4. The van der Waals surface area contributed by atoms with Crippen molar-refractivity contribution in [3.05, 3.63) is 29.3 Å². The van der Waals surface area contributed by atoms with Gasteiger partial charge in [0.15, 0.2) is 0 Å². The van der Waals surface area contributed by atoms with Crippen LogP contribution in [0.5, 0.6) is 0 Å². The van der Waals surface area contributed by atoms with Crippen molar-refractivity contribution in [1.29, 1.82) is 0 Å². The van der Waals surface area contributed by atoms with E-state index in [-0.39, 0.29) is 11.3 Å². The molecule has 1 N–H and O–H groups in total. The van der Waals surface area contributed by atoms with E-state index in [1.165, 1.54) is 24.0 Å². The van der Waals surface area contributed by atoms with Crippen LogP contribution in [0.25, 0.3) is 0 Å². The molecule has 24 heavy (non-hydrogen) atoms. The minimum Gasteiger partial charge on any atom is -0.332 e. The number of hydrogen-bond acceptors (Lipinski definition) is 3. The Balaban J connectivity index is 2.03. The lowest BCUT2D eigenvalue weighted by Crippen LogP contribution is -2.51. The number of benzene rings is 1. The van der Waals surface area contributed by atoms with Crippen LogP contribution in [0.3, 0.4) is 0 Å². The van der Waals surface area contributed by atoms with Crippen molar-refractivity contribution in [1.82, 2.24) is 9.80 Å². The summed E-state index contributed by atoms with van der Waals surface area (Å²) in [6.07, 6.45) is -4.51. The molecule has 2 amide bonds. The maximum absolute atomic E-state index is 12.9. The number of nitrogens with zero attached hydrogens (tertiary/aromatic N) is 2. The average molecular weight is 343 g/mol. The highest BCUT2D eigenvalue weighted by Crippen LogP contribution is 2.33. The number of aryl methyl sites for hydroxylation is 1. The zero-order valence-electron chi connectivity index (χ0n) is 13.6. The molecule has 0 radical (unpaired) electrons. The van der Waals surface area contributed by atoms with Crippen LogP contribution in [0, 0.1) is 6.92 Å². The van der Waals surface area contributed by atoms with E-state index in [9.17, 15) is 22.8 Å². The largest absolute Gasteiger partial charge is 0.416 e. The molecule has 1 aromatic rings. The van der Waals surface area contributed by atoms with Gasteiger partial charge < -0.3 is 15.1 Å². The van der Waals surface area contributed by atoms with Gasteiger partial charge in [0.2, 0.25) is 0 Å². The monoisotopic (exact) mass is 343 g/mol. The molecule has 0 saturated carbocycles. The summed E-state index contributed by atoms with van der Waals surface area (Å²) in [5, 5.41) is 2.26. The van der Waals surface area contributed by atoms with Gasteiger partial charge in [-0.25, -0.2) is 0 Å². The maximum Gasteiger partial charge on any atom is 0.416 e. The number of likely N-dealkylation sites (N-methyl/N-ethyl adjacent to an activating group) is 1. The number of carbonyl (C=O) groups is 2. The number of nitrogens with one attached hydrogen (secondary N) is 1. The highest BCUT2D eigenvalue weighted by Gasteiger charge is 2.33. The Morgan fingerprint density at radius 2 is 1.79 bits per heavy atom. The van der Waals surface area contributed by atoms with E-state index in [0.717, 1.165) is 12.6 Å². The van der Waals surface area contributed by atoms with E-state index >= 15 is 0 Å². The molecule has 1 aliphatic rings. The SMILES string of the molecule is CCN1CCN(C(=O)C(=O)Nc2ccc(C)c(C(F)(F)F)c2)CC1. The van der Waals surface area contributed by atoms with Gasteiger partial charge in [-0.05, 0) is 31.2 Å². The van der Waals surface area contributed by atoms with Gasteiger partial charge in [-0.1, -0.05) is 13.0 Å². The number of amides is 2. The second kappa shape index (κ2) is 7.21. The number of anilines is 1. The molecule has 1 saturated heterocycles. The first-order chi connectivity index (χ1) is 11.2. The van der Waals surface area contributed by atoms with Gasteiger partial charge in [-0.3, -0.25) is 9.59 Å². The number of halogens is 3. The second-order valence-electron chi connectivity index (χ2n) is 5.71. The summed E-state index contributed by atoms with van der Waals surface area (Å²) in [6, 6.07) is 3.46. The van der Waals surface area contributed by atoms with Crippen LogP contribution in [0.1, 0.15) is 18.1 Å². The van der Waals surface area contributed by atoms with Crippen molar-refractivity contribution < 1.29 is 22.8 Å². The smallest absolute Gasteiger partial charge is 0.332 e. The Kier molecular flexibility index (Phi) is 5.48. The molecular formula is C16H20F3N3O2. The molecule has 2 rings (SSSR count). The summed E-state index contributed by atoms with van der Waals surface area (Å²) in [5.41, 5.74) is -0.815. The van der Waals surface area contributed by atoms with E-state index in [0.29, 0.717) is 26.2 Å². The van der Waals surface area contributed by atoms with Crippen LogP contribution >= 0.6 is 0 Å². The Morgan fingerprint density at radius 3 is 2.33 bits per heavy atom. The van der Waals surface area contributed by atoms with Gasteiger partial charge in [0.25, 0.3) is 0 Å². The van der Waals surface area contributed by atoms with Gasteiger partial charge in [0.05, 0.1) is 5.56 Å². The van der Waals surface area contributed by atoms with E-state index in [4.69, 9.17) is 0 Å². The number of alkyl halides is 3. The predicted molar refractivity (Wildman–Crippen MR) is 83.5 cm³/mol. The first kappa shape index (κ1) is 18.3. The van der Waals surface area contributed by atoms with E-state index in [1.54, 1.807) is 0 Å². The lowest BCUT2D eigenvalue weighted by atomic mass is 10.1. The maximum atomic E-state index is 12.9. The number of hydrogen-bond donors (Lipinski definition) is 1. The van der Waals surface area contributed by atoms with Crippen LogP contribution in [-0.4, -0.2) is 54.3 Å². The van der Waals surface area contributed by atoms with Crippen LogP contribution in [0.15, 0.2) is 18.2 Å². The third kappa shape index (κ3) is 4.25. The average Bonchev–Trinajstić information content (AvgIpc) is 2.55. The van der Waals surface area contributed by atoms with Gasteiger partial charge in [-0.2, -0.15) is 13.2 Å². The van der Waals surface area contributed by atoms with Crippen LogP contribution in [0.2, 0.25) is 0 Å². The van der Waals surface area contributed by atoms with Crippen molar-refractivity contribution in [2.45, 2.75) is 20.0 Å². The molecule has 0 atom stereocenters. The van der Waals surface area contributed by atoms with Gasteiger partial charge in [0.1, 0.15) is 0 Å². The summed E-state index contributed by atoms with van der Waals surface area (Å²) in [6.45, 7) is 6.45. The lowest BCUT2D eigenvalue weighted by Gasteiger charge is -2.33. The summed E-state index contributed by atoms with van der Waals surface area (Å²) >= 11 is 0. The molecule has 132 valence electrons. The zero-order chi connectivity index (χ0) is 17.9. The highest BCUT2D eigenvalue weighted by molar-refractivity contribution is 6.39. The first-order valence-electron chi connectivity index (χ1n) is 7.73. The summed E-state index contributed by atoms with van der Waals surface area (Å²) in [5.74, 6) is -1.64. The molecule has 0 spiro atoms. The molecule has 1 fully saturated rings. The molecule has 0 aromatic heterocycles. The van der Waals surface area contributed by atoms with Crippen molar-refractivity contribution in [2.24, 2.45) is 0 Å². The van der Waals surface area contributed by atoms with Gasteiger partial charge >= 0.3 is 18.0 Å². The number of piperazine rings is 1. The Bertz CT molecular complexity index is 623. The molecule has 1 heterocycles. The molecule has 1 aliphatic heterocycles. The third-order valence-electron chi connectivity index (χ3n) is 4.10. The molecule has 0 bridgehead atoms. The van der Waals surface area contributed by atoms with Crippen molar-refractivity contribution >= 4 is 17.5 Å². The number of rotatable bonds is 2. The van der Waals surface area contributed by atoms with Gasteiger partial charge in [0, 0.05) is 31.9 Å². The van der Waals surface area contributed by atoms with Crippen molar-refractivity contribution in [3.8, 4) is 0 Å². The normalized spacial score (nSPS) is 16.1. The minimum absolute atomic E-state index is 0.0431.